The molecule has 10 heteroatoms. The summed E-state index contributed by atoms with van der Waals surface area (Å²) in [6.45, 7) is 1.23. The zero-order chi connectivity index (χ0) is 20.9. The highest BCUT2D eigenvalue weighted by molar-refractivity contribution is 7.89. The van der Waals surface area contributed by atoms with Gasteiger partial charge in [0, 0.05) is 30.9 Å². The van der Waals surface area contributed by atoms with Crippen LogP contribution in [0.4, 0.5) is 11.4 Å². The van der Waals surface area contributed by atoms with Gasteiger partial charge in [-0.3, -0.25) is 14.9 Å². The lowest BCUT2D eigenvalue weighted by Crippen LogP contribution is -2.40. The number of hydrogen-bond acceptors (Lipinski definition) is 6. The number of amides is 1. The largest absolute Gasteiger partial charge is 0.379 e. The van der Waals surface area contributed by atoms with Gasteiger partial charge < -0.3 is 10.1 Å². The highest BCUT2D eigenvalue weighted by Gasteiger charge is 2.26. The van der Waals surface area contributed by atoms with Crippen LogP contribution in [0.25, 0.3) is 6.08 Å². The van der Waals surface area contributed by atoms with Gasteiger partial charge in [-0.25, -0.2) is 8.42 Å². The van der Waals surface area contributed by atoms with Crippen LogP contribution in [-0.2, 0) is 19.6 Å². The lowest BCUT2D eigenvalue weighted by Gasteiger charge is -2.26. The van der Waals surface area contributed by atoms with Gasteiger partial charge in [-0.2, -0.15) is 4.31 Å². The summed E-state index contributed by atoms with van der Waals surface area (Å²) >= 11 is 0. The average molecular weight is 417 g/mol. The smallest absolute Gasteiger partial charge is 0.276 e. The van der Waals surface area contributed by atoms with Gasteiger partial charge in [0.05, 0.1) is 28.6 Å². The molecule has 0 aliphatic carbocycles. The predicted molar refractivity (Wildman–Crippen MR) is 107 cm³/mol. The molecule has 152 valence electrons. The molecular weight excluding hydrogens is 398 g/mol. The van der Waals surface area contributed by atoms with Crippen molar-refractivity contribution in [1.82, 2.24) is 4.31 Å². The summed E-state index contributed by atoms with van der Waals surface area (Å²) in [5.74, 6) is -0.538. The van der Waals surface area contributed by atoms with Gasteiger partial charge in [0.25, 0.3) is 5.69 Å². The number of morpholine rings is 1. The quantitative estimate of drug-likeness (QED) is 0.437. The van der Waals surface area contributed by atoms with Crippen molar-refractivity contribution in [3.05, 3.63) is 70.3 Å². The van der Waals surface area contributed by atoms with Crippen molar-refractivity contribution in [2.45, 2.75) is 4.90 Å². The van der Waals surface area contributed by atoms with E-state index in [0.717, 1.165) is 6.08 Å². The summed E-state index contributed by atoms with van der Waals surface area (Å²) in [6.07, 6.45) is 2.49. The Labute approximate surface area is 167 Å². The fraction of sp³-hybridized carbons (Fsp3) is 0.211. The first-order valence-electron chi connectivity index (χ1n) is 8.78. The molecule has 0 bridgehead atoms. The third-order valence-corrected chi connectivity index (χ3v) is 6.15. The average Bonchev–Trinajstić information content (AvgIpc) is 2.73. The van der Waals surface area contributed by atoms with E-state index in [9.17, 15) is 23.3 Å². The number of sulfonamides is 1. The van der Waals surface area contributed by atoms with Gasteiger partial charge in [-0.15, -0.1) is 0 Å². The van der Waals surface area contributed by atoms with Crippen LogP contribution in [0.2, 0.25) is 0 Å². The second-order valence-corrected chi connectivity index (χ2v) is 8.12. The molecule has 0 atom stereocenters. The zero-order valence-electron chi connectivity index (χ0n) is 15.4. The first-order chi connectivity index (χ1) is 13.9. The van der Waals surface area contributed by atoms with E-state index in [-0.39, 0.29) is 29.2 Å². The Morgan fingerprint density at radius 2 is 1.86 bits per heavy atom. The van der Waals surface area contributed by atoms with E-state index < -0.39 is 20.9 Å². The number of benzene rings is 2. The fourth-order valence-electron chi connectivity index (χ4n) is 2.81. The lowest BCUT2D eigenvalue weighted by molar-refractivity contribution is -0.385. The minimum atomic E-state index is -3.68. The van der Waals surface area contributed by atoms with Crippen LogP contribution in [-0.4, -0.2) is 49.9 Å². The standard InChI is InChI=1S/C19H19N3O6S/c23-19(9-8-15-4-1-2-7-18(15)22(24)25)20-16-5-3-6-17(14-16)29(26,27)21-10-12-28-13-11-21/h1-9,14H,10-13H2,(H,20,23)/b9-8+. The van der Waals surface area contributed by atoms with Crippen molar-refractivity contribution in [2.24, 2.45) is 0 Å². The minimum Gasteiger partial charge on any atom is -0.379 e. The number of rotatable bonds is 6. The van der Waals surface area contributed by atoms with Gasteiger partial charge >= 0.3 is 0 Å². The molecule has 0 spiro atoms. The van der Waals surface area contributed by atoms with Crippen LogP contribution in [0.1, 0.15) is 5.56 Å². The number of carbonyl (C=O) groups excluding carboxylic acids is 1. The molecule has 1 heterocycles. The summed E-state index contributed by atoms with van der Waals surface area (Å²) in [4.78, 5) is 22.7. The predicted octanol–water partition coefficient (Wildman–Crippen LogP) is 2.27. The SMILES string of the molecule is O=C(/C=C/c1ccccc1[N+](=O)[O-])Nc1cccc(S(=O)(=O)N2CCOCC2)c1. The van der Waals surface area contributed by atoms with E-state index >= 15 is 0 Å². The third kappa shape index (κ3) is 5.05. The van der Waals surface area contributed by atoms with Crippen LogP contribution in [0, 0.1) is 10.1 Å². The number of para-hydroxylation sites is 1. The van der Waals surface area contributed by atoms with Crippen LogP contribution >= 0.6 is 0 Å². The Kier molecular flexibility index (Phi) is 6.37. The Morgan fingerprint density at radius 3 is 2.59 bits per heavy atom. The molecule has 0 aromatic heterocycles. The Bertz CT molecular complexity index is 1050. The lowest BCUT2D eigenvalue weighted by atomic mass is 10.1. The van der Waals surface area contributed by atoms with Gasteiger partial charge in [-0.05, 0) is 30.3 Å². The molecule has 29 heavy (non-hydrogen) atoms. The van der Waals surface area contributed by atoms with Crippen molar-refractivity contribution >= 4 is 33.4 Å². The minimum absolute atomic E-state index is 0.0693. The second kappa shape index (κ2) is 8.95. The number of nitro groups is 1. The summed E-state index contributed by atoms with van der Waals surface area (Å²) in [7, 11) is -3.68. The van der Waals surface area contributed by atoms with Crippen molar-refractivity contribution in [2.75, 3.05) is 31.6 Å². The Morgan fingerprint density at radius 1 is 1.14 bits per heavy atom. The summed E-state index contributed by atoms with van der Waals surface area (Å²) < 4.78 is 32.0. The molecule has 1 aliphatic rings. The van der Waals surface area contributed by atoms with Gasteiger partial charge in [0.15, 0.2) is 0 Å². The van der Waals surface area contributed by atoms with Crippen molar-refractivity contribution in [3.8, 4) is 0 Å². The van der Waals surface area contributed by atoms with Crippen LogP contribution < -0.4 is 5.32 Å². The van der Waals surface area contributed by atoms with E-state index in [1.165, 1.54) is 46.8 Å². The summed E-state index contributed by atoms with van der Waals surface area (Å²) in [6, 6.07) is 12.0. The maximum atomic E-state index is 12.7. The van der Waals surface area contributed by atoms with Crippen LogP contribution in [0.3, 0.4) is 0 Å². The molecular formula is C19H19N3O6S. The molecule has 9 nitrogen and oxygen atoms in total. The number of nitrogens with one attached hydrogen (secondary N) is 1. The Hall–Kier alpha value is -3.08. The Balaban J connectivity index is 1.73. The molecule has 0 unspecified atom stereocenters. The zero-order valence-corrected chi connectivity index (χ0v) is 16.2. The highest BCUT2D eigenvalue weighted by Crippen LogP contribution is 2.21. The number of nitro benzene ring substituents is 1. The van der Waals surface area contributed by atoms with Gasteiger partial charge in [-0.1, -0.05) is 18.2 Å². The van der Waals surface area contributed by atoms with E-state index in [2.05, 4.69) is 5.32 Å². The van der Waals surface area contributed by atoms with Crippen molar-refractivity contribution < 1.29 is 22.9 Å². The van der Waals surface area contributed by atoms with Crippen molar-refractivity contribution in [3.63, 3.8) is 0 Å². The van der Waals surface area contributed by atoms with E-state index in [0.29, 0.717) is 18.9 Å². The van der Waals surface area contributed by atoms with Crippen LogP contribution in [0.5, 0.6) is 0 Å². The van der Waals surface area contributed by atoms with Gasteiger partial charge in [0.2, 0.25) is 15.9 Å². The molecule has 1 fully saturated rings. The molecule has 2 aromatic rings. The van der Waals surface area contributed by atoms with Crippen molar-refractivity contribution in [1.29, 1.82) is 0 Å². The first kappa shape index (κ1) is 20.6. The fourth-order valence-corrected chi connectivity index (χ4v) is 4.27. The molecule has 0 saturated carbocycles. The summed E-state index contributed by atoms with van der Waals surface area (Å²) in [5.41, 5.74) is 0.475. The maximum absolute atomic E-state index is 12.7. The number of ether oxygens (including phenoxy) is 1. The monoisotopic (exact) mass is 417 g/mol. The molecule has 0 radical (unpaired) electrons. The number of hydrogen-bond donors (Lipinski definition) is 1. The molecule has 1 N–H and O–H groups in total. The maximum Gasteiger partial charge on any atom is 0.276 e. The molecule has 1 amide bonds. The number of anilines is 1. The number of carbonyl (C=O) groups is 1. The second-order valence-electron chi connectivity index (χ2n) is 6.18. The van der Waals surface area contributed by atoms with E-state index in [1.54, 1.807) is 12.1 Å². The summed E-state index contributed by atoms with van der Waals surface area (Å²) in [5, 5.41) is 13.6. The highest BCUT2D eigenvalue weighted by atomic mass is 32.2. The van der Waals surface area contributed by atoms with Gasteiger partial charge in [0.1, 0.15) is 0 Å². The van der Waals surface area contributed by atoms with E-state index in [1.807, 2.05) is 0 Å². The first-order valence-corrected chi connectivity index (χ1v) is 10.2. The molecule has 3 rings (SSSR count). The molecule has 2 aromatic carbocycles. The normalized spacial score (nSPS) is 15.3. The van der Waals surface area contributed by atoms with E-state index in [4.69, 9.17) is 4.74 Å². The third-order valence-electron chi connectivity index (χ3n) is 4.26. The van der Waals surface area contributed by atoms with Crippen LogP contribution in [0.15, 0.2) is 59.5 Å². The molecule has 1 aliphatic heterocycles. The molecule has 1 saturated heterocycles. The number of nitrogens with zero attached hydrogens (tertiary/aromatic N) is 2. The topological polar surface area (TPSA) is 119 Å².